The van der Waals surface area contributed by atoms with E-state index >= 15 is 0 Å². The van der Waals surface area contributed by atoms with Crippen molar-refractivity contribution in [1.82, 2.24) is 10.2 Å². The molecular formula is C14H17N3O4S2. The van der Waals surface area contributed by atoms with Gasteiger partial charge in [0.1, 0.15) is 5.56 Å². The smallest absolute Gasteiger partial charge is 0.342 e. The summed E-state index contributed by atoms with van der Waals surface area (Å²) in [6.07, 6.45) is 2.35. The molecule has 1 heterocycles. The molecule has 0 saturated heterocycles. The second kappa shape index (κ2) is 7.05. The average Bonchev–Trinajstić information content (AvgIpc) is 2.99. The van der Waals surface area contributed by atoms with Crippen LogP contribution >= 0.6 is 11.8 Å². The number of hydrogen-bond donors (Lipinski definition) is 2. The van der Waals surface area contributed by atoms with E-state index in [1.54, 1.807) is 43.0 Å². The van der Waals surface area contributed by atoms with Gasteiger partial charge in [-0.05, 0) is 36.9 Å². The normalized spacial score (nSPS) is 11.3. The molecule has 23 heavy (non-hydrogen) atoms. The SMILES string of the molecule is CCc1[nH]nc(S(=O)(=O)Nc2ccc(SC)cc2)c1C(=O)OC. The Morgan fingerprint density at radius 1 is 1.35 bits per heavy atom. The number of benzene rings is 1. The fraction of sp³-hybridized carbons (Fsp3) is 0.286. The van der Waals surface area contributed by atoms with E-state index in [-0.39, 0.29) is 10.6 Å². The topological polar surface area (TPSA) is 101 Å². The fourth-order valence-electron chi connectivity index (χ4n) is 1.98. The number of nitrogens with one attached hydrogen (secondary N) is 2. The highest BCUT2D eigenvalue weighted by molar-refractivity contribution is 7.98. The van der Waals surface area contributed by atoms with Crippen LogP contribution in [-0.2, 0) is 21.2 Å². The number of carbonyl (C=O) groups excluding carboxylic acids is 1. The Morgan fingerprint density at radius 2 is 2.00 bits per heavy atom. The molecule has 0 amide bonds. The number of carbonyl (C=O) groups is 1. The summed E-state index contributed by atoms with van der Waals surface area (Å²) >= 11 is 1.55. The molecular weight excluding hydrogens is 338 g/mol. The summed E-state index contributed by atoms with van der Waals surface area (Å²) in [5.41, 5.74) is 0.734. The highest BCUT2D eigenvalue weighted by Gasteiger charge is 2.29. The third-order valence-corrected chi connectivity index (χ3v) is 5.20. The van der Waals surface area contributed by atoms with Crippen LogP contribution in [0.3, 0.4) is 0 Å². The van der Waals surface area contributed by atoms with Crippen molar-refractivity contribution in [2.24, 2.45) is 0 Å². The minimum absolute atomic E-state index is 0.0665. The summed E-state index contributed by atoms with van der Waals surface area (Å²) in [5, 5.41) is 5.99. The van der Waals surface area contributed by atoms with Crippen LogP contribution in [0.15, 0.2) is 34.2 Å². The molecule has 0 aliphatic rings. The summed E-state index contributed by atoms with van der Waals surface area (Å²) in [7, 11) is -2.81. The number of rotatable bonds is 6. The maximum atomic E-state index is 12.5. The van der Waals surface area contributed by atoms with Crippen LogP contribution < -0.4 is 4.72 Å². The Balaban J connectivity index is 2.39. The second-order valence-corrected chi connectivity index (χ2v) is 7.04. The molecule has 0 fully saturated rings. The molecule has 1 aromatic heterocycles. The standard InChI is InChI=1S/C14H17N3O4S2/c1-4-11-12(14(18)21-2)13(16-15-11)23(19,20)17-9-5-7-10(22-3)8-6-9/h5-8,17H,4H2,1-3H3,(H,15,16). The Bertz CT molecular complexity index is 798. The molecule has 7 nitrogen and oxygen atoms in total. The molecule has 0 aliphatic heterocycles. The van der Waals surface area contributed by atoms with Crippen molar-refractivity contribution in [2.75, 3.05) is 18.1 Å². The van der Waals surface area contributed by atoms with E-state index in [0.717, 1.165) is 4.90 Å². The van der Waals surface area contributed by atoms with Gasteiger partial charge in [0.25, 0.3) is 10.0 Å². The summed E-state index contributed by atoms with van der Waals surface area (Å²) in [4.78, 5) is 12.9. The highest BCUT2D eigenvalue weighted by Crippen LogP contribution is 2.23. The molecule has 0 unspecified atom stereocenters. The molecule has 2 rings (SSSR count). The third-order valence-electron chi connectivity index (χ3n) is 3.15. The van der Waals surface area contributed by atoms with E-state index in [9.17, 15) is 13.2 Å². The van der Waals surface area contributed by atoms with Gasteiger partial charge in [-0.2, -0.15) is 13.5 Å². The Kier molecular flexibility index (Phi) is 5.32. The lowest BCUT2D eigenvalue weighted by atomic mass is 10.2. The molecule has 0 bridgehead atoms. The summed E-state index contributed by atoms with van der Waals surface area (Å²) < 4.78 is 32.1. The first-order valence-electron chi connectivity index (χ1n) is 6.75. The largest absolute Gasteiger partial charge is 0.465 e. The van der Waals surface area contributed by atoms with Crippen molar-refractivity contribution in [3.63, 3.8) is 0 Å². The van der Waals surface area contributed by atoms with E-state index in [1.165, 1.54) is 7.11 Å². The number of nitrogens with zero attached hydrogens (tertiary/aromatic N) is 1. The first-order valence-corrected chi connectivity index (χ1v) is 9.46. The molecule has 2 N–H and O–H groups in total. The van der Waals surface area contributed by atoms with Crippen molar-refractivity contribution in [3.05, 3.63) is 35.5 Å². The number of aryl methyl sites for hydroxylation is 1. The Hall–Kier alpha value is -2.00. The summed E-state index contributed by atoms with van der Waals surface area (Å²) in [6, 6.07) is 6.89. The molecule has 1 aromatic carbocycles. The number of methoxy groups -OCH3 is 1. The summed E-state index contributed by atoms with van der Waals surface area (Å²) in [6.45, 7) is 1.78. The predicted molar refractivity (Wildman–Crippen MR) is 88.3 cm³/mol. The monoisotopic (exact) mass is 355 g/mol. The van der Waals surface area contributed by atoms with Gasteiger partial charge in [-0.15, -0.1) is 11.8 Å². The molecule has 2 aromatic rings. The minimum Gasteiger partial charge on any atom is -0.465 e. The Labute approximate surface area is 138 Å². The average molecular weight is 355 g/mol. The zero-order chi connectivity index (χ0) is 17.0. The van der Waals surface area contributed by atoms with Crippen LogP contribution in [-0.4, -0.2) is 38.0 Å². The van der Waals surface area contributed by atoms with E-state index in [4.69, 9.17) is 0 Å². The maximum absolute atomic E-state index is 12.5. The number of thioether (sulfide) groups is 1. The first-order chi connectivity index (χ1) is 10.9. The van der Waals surface area contributed by atoms with Crippen LogP contribution in [0.4, 0.5) is 5.69 Å². The van der Waals surface area contributed by atoms with Gasteiger partial charge in [0.05, 0.1) is 12.8 Å². The van der Waals surface area contributed by atoms with Crippen LogP contribution in [0.1, 0.15) is 23.0 Å². The van der Waals surface area contributed by atoms with Gasteiger partial charge in [-0.3, -0.25) is 9.82 Å². The summed E-state index contributed by atoms with van der Waals surface area (Å²) in [5.74, 6) is -0.742. The van der Waals surface area contributed by atoms with Crippen molar-refractivity contribution in [1.29, 1.82) is 0 Å². The minimum atomic E-state index is -4.01. The van der Waals surface area contributed by atoms with Crippen molar-refractivity contribution >= 4 is 33.4 Å². The van der Waals surface area contributed by atoms with Gasteiger partial charge in [-0.25, -0.2) is 4.79 Å². The van der Waals surface area contributed by atoms with Crippen LogP contribution in [0.2, 0.25) is 0 Å². The van der Waals surface area contributed by atoms with Gasteiger partial charge in [0.2, 0.25) is 5.03 Å². The number of ether oxygens (including phenoxy) is 1. The molecule has 124 valence electrons. The fourth-order valence-corrected chi connectivity index (χ4v) is 3.58. The van der Waals surface area contributed by atoms with Gasteiger partial charge in [0.15, 0.2) is 0 Å². The number of sulfonamides is 1. The molecule has 0 saturated carbocycles. The number of aromatic amines is 1. The zero-order valence-corrected chi connectivity index (χ0v) is 14.5. The predicted octanol–water partition coefficient (Wildman–Crippen LogP) is 2.28. The van der Waals surface area contributed by atoms with Crippen LogP contribution in [0, 0.1) is 0 Å². The second-order valence-electron chi connectivity index (χ2n) is 4.56. The van der Waals surface area contributed by atoms with E-state index < -0.39 is 16.0 Å². The van der Waals surface area contributed by atoms with Crippen LogP contribution in [0.25, 0.3) is 0 Å². The first kappa shape index (κ1) is 17.4. The molecule has 0 spiro atoms. The van der Waals surface area contributed by atoms with Crippen molar-refractivity contribution < 1.29 is 17.9 Å². The third kappa shape index (κ3) is 3.67. The van der Waals surface area contributed by atoms with Gasteiger partial charge >= 0.3 is 5.97 Å². The number of aromatic nitrogens is 2. The number of esters is 1. The maximum Gasteiger partial charge on any atom is 0.342 e. The molecule has 0 radical (unpaired) electrons. The highest BCUT2D eigenvalue weighted by atomic mass is 32.2. The lowest BCUT2D eigenvalue weighted by Crippen LogP contribution is -2.17. The number of H-pyrrole nitrogens is 1. The van der Waals surface area contributed by atoms with Crippen LogP contribution in [0.5, 0.6) is 0 Å². The van der Waals surface area contributed by atoms with E-state index in [0.29, 0.717) is 17.8 Å². The lowest BCUT2D eigenvalue weighted by molar-refractivity contribution is 0.0595. The van der Waals surface area contributed by atoms with E-state index in [1.807, 2.05) is 6.26 Å². The Morgan fingerprint density at radius 3 is 2.52 bits per heavy atom. The number of anilines is 1. The van der Waals surface area contributed by atoms with Crippen molar-refractivity contribution in [2.45, 2.75) is 23.3 Å². The zero-order valence-electron chi connectivity index (χ0n) is 12.9. The number of hydrogen-bond acceptors (Lipinski definition) is 6. The lowest BCUT2D eigenvalue weighted by Gasteiger charge is -2.08. The molecule has 9 heteroatoms. The molecule has 0 aliphatic carbocycles. The van der Waals surface area contributed by atoms with E-state index in [2.05, 4.69) is 19.7 Å². The van der Waals surface area contributed by atoms with Gasteiger partial charge < -0.3 is 4.74 Å². The van der Waals surface area contributed by atoms with Gasteiger partial charge in [-0.1, -0.05) is 6.92 Å². The van der Waals surface area contributed by atoms with Gasteiger partial charge in [0, 0.05) is 10.6 Å². The molecule has 0 atom stereocenters. The van der Waals surface area contributed by atoms with Crippen molar-refractivity contribution in [3.8, 4) is 0 Å². The quantitative estimate of drug-likeness (QED) is 0.609.